The van der Waals surface area contributed by atoms with Crippen LogP contribution in [0.3, 0.4) is 0 Å². The highest BCUT2D eigenvalue weighted by molar-refractivity contribution is 9.24. The van der Waals surface area contributed by atoms with E-state index in [4.69, 9.17) is 4.74 Å². The number of rotatable bonds is 4. The quantitative estimate of drug-likeness (QED) is 0.581. The van der Waals surface area contributed by atoms with Crippen LogP contribution in [0.4, 0.5) is 0 Å². The zero-order valence-corrected chi connectivity index (χ0v) is 8.94. The summed E-state index contributed by atoms with van der Waals surface area (Å²) < 4.78 is 4.92. The lowest BCUT2D eigenvalue weighted by Crippen LogP contribution is -2.04. The molecular formula is C6H10Br2O2. The van der Waals surface area contributed by atoms with Crippen molar-refractivity contribution in [3.05, 3.63) is 0 Å². The van der Waals surface area contributed by atoms with Crippen LogP contribution >= 0.6 is 31.9 Å². The summed E-state index contributed by atoms with van der Waals surface area (Å²) in [7, 11) is 0. The zero-order valence-electron chi connectivity index (χ0n) is 5.77. The van der Waals surface area contributed by atoms with Gasteiger partial charge in [-0.1, -0.05) is 31.9 Å². The SMILES string of the molecule is CCOC(=O)CCC(Br)Br. The Kier molecular flexibility index (Phi) is 6.43. The molecule has 0 rings (SSSR count). The van der Waals surface area contributed by atoms with Crippen molar-refractivity contribution < 1.29 is 9.53 Å². The van der Waals surface area contributed by atoms with Crippen LogP contribution in [0.25, 0.3) is 0 Å². The number of hydrogen-bond donors (Lipinski definition) is 0. The van der Waals surface area contributed by atoms with Crippen molar-refractivity contribution in [2.75, 3.05) is 6.61 Å². The number of esters is 1. The highest BCUT2D eigenvalue weighted by atomic mass is 79.9. The summed E-state index contributed by atoms with van der Waals surface area (Å²) in [6.45, 7) is 2.27. The largest absolute Gasteiger partial charge is 0.466 e. The molecule has 60 valence electrons. The predicted molar refractivity (Wildman–Crippen MR) is 47.5 cm³/mol. The molecule has 0 aliphatic rings. The second kappa shape index (κ2) is 6.16. The lowest BCUT2D eigenvalue weighted by atomic mass is 10.3. The number of alkyl halides is 2. The molecule has 0 atom stereocenters. The molecule has 10 heavy (non-hydrogen) atoms. The Morgan fingerprint density at radius 2 is 2.20 bits per heavy atom. The maximum Gasteiger partial charge on any atom is 0.305 e. The van der Waals surface area contributed by atoms with Gasteiger partial charge in [0.1, 0.15) is 0 Å². The third-order valence-corrected chi connectivity index (χ3v) is 1.79. The van der Waals surface area contributed by atoms with Crippen molar-refractivity contribution in [1.82, 2.24) is 0 Å². The minimum atomic E-state index is -0.133. The first-order valence-electron chi connectivity index (χ1n) is 3.10. The van der Waals surface area contributed by atoms with Crippen LogP contribution < -0.4 is 0 Å². The Balaban J connectivity index is 3.22. The molecule has 0 aromatic heterocycles. The van der Waals surface area contributed by atoms with Gasteiger partial charge in [-0.3, -0.25) is 4.79 Å². The van der Waals surface area contributed by atoms with Gasteiger partial charge in [0.15, 0.2) is 0 Å². The van der Waals surface area contributed by atoms with E-state index in [0.29, 0.717) is 13.0 Å². The van der Waals surface area contributed by atoms with Crippen LogP contribution in [-0.4, -0.2) is 16.3 Å². The Labute approximate surface area is 77.6 Å². The number of carbonyl (C=O) groups excluding carboxylic acids is 1. The van der Waals surface area contributed by atoms with Crippen LogP contribution in [0.1, 0.15) is 19.8 Å². The first-order valence-corrected chi connectivity index (χ1v) is 4.93. The smallest absolute Gasteiger partial charge is 0.305 e. The Hall–Kier alpha value is 0.430. The van der Waals surface area contributed by atoms with Crippen LogP contribution in [0.5, 0.6) is 0 Å². The lowest BCUT2D eigenvalue weighted by molar-refractivity contribution is -0.143. The summed E-state index contributed by atoms with van der Waals surface area (Å²) in [6, 6.07) is 0. The number of carbonyl (C=O) groups is 1. The number of ether oxygens (including phenoxy) is 1. The van der Waals surface area contributed by atoms with Crippen molar-refractivity contribution >= 4 is 37.8 Å². The van der Waals surface area contributed by atoms with Crippen LogP contribution in [0.2, 0.25) is 0 Å². The number of halogens is 2. The van der Waals surface area contributed by atoms with E-state index < -0.39 is 0 Å². The molecule has 0 unspecified atom stereocenters. The van der Waals surface area contributed by atoms with E-state index in [1.54, 1.807) is 6.92 Å². The van der Waals surface area contributed by atoms with Gasteiger partial charge in [-0.25, -0.2) is 0 Å². The summed E-state index contributed by atoms with van der Waals surface area (Å²) in [4.78, 5) is 10.7. The molecule has 0 spiro atoms. The van der Waals surface area contributed by atoms with Gasteiger partial charge in [0.25, 0.3) is 0 Å². The molecule has 2 nitrogen and oxygen atoms in total. The fourth-order valence-electron chi connectivity index (χ4n) is 0.460. The third-order valence-electron chi connectivity index (χ3n) is 0.872. The van der Waals surface area contributed by atoms with Crippen molar-refractivity contribution in [2.24, 2.45) is 0 Å². The molecule has 0 aromatic rings. The van der Waals surface area contributed by atoms with Crippen LogP contribution in [0, 0.1) is 0 Å². The van der Waals surface area contributed by atoms with Gasteiger partial charge >= 0.3 is 5.97 Å². The summed E-state index contributed by atoms with van der Waals surface area (Å²) in [5, 5.41) is 0. The van der Waals surface area contributed by atoms with Gasteiger partial charge in [-0.2, -0.15) is 0 Å². The lowest BCUT2D eigenvalue weighted by Gasteiger charge is -2.01. The molecule has 0 N–H and O–H groups in total. The standard InChI is InChI=1S/C6H10Br2O2/c1-2-10-6(9)4-3-5(7)8/h5H,2-4H2,1H3. The average molecular weight is 274 g/mol. The second-order valence-corrected chi connectivity index (χ2v) is 5.17. The van der Waals surface area contributed by atoms with E-state index in [-0.39, 0.29) is 9.71 Å². The van der Waals surface area contributed by atoms with Crippen LogP contribution in [0.15, 0.2) is 0 Å². The predicted octanol–water partition coefficient (Wildman–Crippen LogP) is 2.45. The molecule has 0 bridgehead atoms. The van der Waals surface area contributed by atoms with Crippen molar-refractivity contribution in [3.8, 4) is 0 Å². The zero-order chi connectivity index (χ0) is 7.98. The maximum absolute atomic E-state index is 10.7. The van der Waals surface area contributed by atoms with Gasteiger partial charge < -0.3 is 4.74 Å². The van der Waals surface area contributed by atoms with Crippen molar-refractivity contribution in [3.63, 3.8) is 0 Å². The van der Waals surface area contributed by atoms with E-state index in [0.717, 1.165) is 6.42 Å². The van der Waals surface area contributed by atoms with Crippen LogP contribution in [-0.2, 0) is 9.53 Å². The van der Waals surface area contributed by atoms with E-state index in [1.165, 1.54) is 0 Å². The highest BCUT2D eigenvalue weighted by Gasteiger charge is 2.04. The topological polar surface area (TPSA) is 26.3 Å². The first kappa shape index (κ1) is 10.4. The molecule has 0 saturated heterocycles. The monoisotopic (exact) mass is 272 g/mol. The fraction of sp³-hybridized carbons (Fsp3) is 0.833. The molecule has 0 aliphatic heterocycles. The van der Waals surface area contributed by atoms with Gasteiger partial charge in [0.05, 0.1) is 10.3 Å². The van der Waals surface area contributed by atoms with Crippen molar-refractivity contribution in [1.29, 1.82) is 0 Å². The summed E-state index contributed by atoms with van der Waals surface area (Å²) in [5.74, 6) is -0.133. The normalized spacial score (nSPS) is 10.0. The summed E-state index contributed by atoms with van der Waals surface area (Å²) in [6.07, 6.45) is 1.23. The fourth-order valence-corrected chi connectivity index (χ4v) is 0.918. The van der Waals surface area contributed by atoms with E-state index in [1.807, 2.05) is 0 Å². The molecule has 0 aromatic carbocycles. The Morgan fingerprint density at radius 3 is 2.60 bits per heavy atom. The number of hydrogen-bond acceptors (Lipinski definition) is 2. The highest BCUT2D eigenvalue weighted by Crippen LogP contribution is 2.14. The molecule has 0 fully saturated rings. The molecule has 0 radical (unpaired) electrons. The molecule has 0 amide bonds. The van der Waals surface area contributed by atoms with Gasteiger partial charge in [0.2, 0.25) is 0 Å². The van der Waals surface area contributed by atoms with Gasteiger partial charge in [-0.05, 0) is 13.3 Å². The van der Waals surface area contributed by atoms with E-state index >= 15 is 0 Å². The Morgan fingerprint density at radius 1 is 1.60 bits per heavy atom. The molecule has 0 heterocycles. The minimum Gasteiger partial charge on any atom is -0.466 e. The minimum absolute atomic E-state index is 0.133. The van der Waals surface area contributed by atoms with E-state index in [9.17, 15) is 4.79 Å². The summed E-state index contributed by atoms with van der Waals surface area (Å²) in [5.41, 5.74) is 0. The molecule has 0 aliphatic carbocycles. The second-order valence-electron chi connectivity index (χ2n) is 1.73. The average Bonchev–Trinajstić information content (AvgIpc) is 1.85. The first-order chi connectivity index (χ1) is 4.66. The third kappa shape index (κ3) is 6.55. The Bertz CT molecular complexity index is 104. The molecular weight excluding hydrogens is 264 g/mol. The molecule has 4 heteroatoms. The maximum atomic E-state index is 10.7. The summed E-state index contributed by atoms with van der Waals surface area (Å²) >= 11 is 6.53. The van der Waals surface area contributed by atoms with Crippen molar-refractivity contribution in [2.45, 2.75) is 23.5 Å². The van der Waals surface area contributed by atoms with E-state index in [2.05, 4.69) is 31.9 Å². The van der Waals surface area contributed by atoms with Gasteiger partial charge in [0, 0.05) is 6.42 Å². The molecule has 0 saturated carbocycles. The van der Waals surface area contributed by atoms with Gasteiger partial charge in [-0.15, -0.1) is 0 Å².